The molecule has 234 valence electrons. The lowest BCUT2D eigenvalue weighted by molar-refractivity contribution is -0.132. The first-order valence-corrected chi connectivity index (χ1v) is 14.6. The van der Waals surface area contributed by atoms with Crippen molar-refractivity contribution in [3.8, 4) is 34.3 Å². The summed E-state index contributed by atoms with van der Waals surface area (Å²) < 4.78 is 27.7. The highest BCUT2D eigenvalue weighted by atomic mass is 16.7. The van der Waals surface area contributed by atoms with Gasteiger partial charge < -0.3 is 33.7 Å². The van der Waals surface area contributed by atoms with E-state index in [-0.39, 0.29) is 24.4 Å². The van der Waals surface area contributed by atoms with Gasteiger partial charge in [-0.1, -0.05) is 36.7 Å². The Kier molecular flexibility index (Phi) is 9.67. The summed E-state index contributed by atoms with van der Waals surface area (Å²) in [5.41, 5.74) is 4.10. The molecule has 2 aromatic carbocycles. The Labute approximate surface area is 260 Å². The second kappa shape index (κ2) is 14.0. The lowest BCUT2D eigenvalue weighted by atomic mass is 9.92. The molecule has 0 saturated carbocycles. The first kappa shape index (κ1) is 31.1. The van der Waals surface area contributed by atoms with Crippen LogP contribution in [0.15, 0.2) is 58.8 Å². The maximum atomic E-state index is 12.6. The highest BCUT2D eigenvalue weighted by molar-refractivity contribution is 5.94. The molecule has 0 aliphatic carbocycles. The van der Waals surface area contributed by atoms with Crippen molar-refractivity contribution in [1.29, 1.82) is 0 Å². The van der Waals surface area contributed by atoms with Crippen molar-refractivity contribution in [2.75, 3.05) is 21.0 Å². The highest BCUT2D eigenvalue weighted by Crippen LogP contribution is 2.40. The normalized spacial score (nSPS) is 12.3. The van der Waals surface area contributed by atoms with Gasteiger partial charge in [-0.05, 0) is 48.6 Å². The van der Waals surface area contributed by atoms with Gasteiger partial charge in [-0.2, -0.15) is 0 Å². The van der Waals surface area contributed by atoms with Crippen molar-refractivity contribution >= 4 is 18.0 Å². The van der Waals surface area contributed by atoms with Gasteiger partial charge in [0.2, 0.25) is 12.7 Å². The summed E-state index contributed by atoms with van der Waals surface area (Å²) in [6, 6.07) is 12.1. The number of hydrogen-bond acceptors (Lipinski definition) is 9. The predicted molar refractivity (Wildman–Crippen MR) is 164 cm³/mol. The zero-order chi connectivity index (χ0) is 31.9. The second-order valence-electron chi connectivity index (χ2n) is 10.5. The molecule has 2 aromatic heterocycles. The van der Waals surface area contributed by atoms with E-state index in [0.717, 1.165) is 18.4 Å². The van der Waals surface area contributed by atoms with Crippen LogP contribution in [0.3, 0.4) is 0 Å². The Balaban J connectivity index is 1.58. The van der Waals surface area contributed by atoms with Crippen molar-refractivity contribution in [3.05, 3.63) is 87.9 Å². The molecule has 3 heterocycles. The number of aromatic nitrogens is 2. The van der Waals surface area contributed by atoms with E-state index < -0.39 is 11.9 Å². The van der Waals surface area contributed by atoms with Gasteiger partial charge in [0.05, 0.1) is 25.3 Å². The van der Waals surface area contributed by atoms with Gasteiger partial charge in [-0.25, -0.2) is 14.6 Å². The molecule has 4 aromatic rings. The number of unbranched alkanes of at least 4 members (excludes halogenated alkanes) is 1. The number of aliphatic carboxylic acids is 1. The van der Waals surface area contributed by atoms with Crippen LogP contribution in [-0.2, 0) is 30.5 Å². The number of nitrogens with zero attached hydrogens (tertiary/aromatic N) is 2. The number of hydrogen-bond donors (Lipinski definition) is 2. The summed E-state index contributed by atoms with van der Waals surface area (Å²) >= 11 is 0. The fourth-order valence-corrected chi connectivity index (χ4v) is 5.32. The van der Waals surface area contributed by atoms with Crippen LogP contribution < -0.4 is 18.9 Å². The third-order valence-electron chi connectivity index (χ3n) is 7.64. The summed E-state index contributed by atoms with van der Waals surface area (Å²) in [5, 5.41) is 24.3. The minimum absolute atomic E-state index is 0.0193. The van der Waals surface area contributed by atoms with Crippen molar-refractivity contribution in [1.82, 2.24) is 10.1 Å². The van der Waals surface area contributed by atoms with Crippen molar-refractivity contribution < 1.29 is 43.3 Å². The molecule has 0 spiro atoms. The lowest BCUT2D eigenvalue weighted by Crippen LogP contribution is -2.06. The van der Waals surface area contributed by atoms with E-state index in [1.807, 2.05) is 6.07 Å². The van der Waals surface area contributed by atoms with Crippen LogP contribution in [0.4, 0.5) is 0 Å². The maximum absolute atomic E-state index is 12.6. The number of ether oxygens (including phenoxy) is 4. The first-order valence-electron chi connectivity index (χ1n) is 14.6. The molecule has 0 unspecified atom stereocenters. The SMILES string of the molecule is CCCCc1onc(C=C(Cc2cc3c(cc2OC)OCO3)C(=O)O)c1-c1cnc(OC)cc1CCc1ccccc1C(=O)O. The number of pyridine rings is 1. The largest absolute Gasteiger partial charge is 0.496 e. The van der Waals surface area contributed by atoms with Gasteiger partial charge in [-0.3, -0.25) is 0 Å². The number of carboxylic acids is 2. The zero-order valence-corrected chi connectivity index (χ0v) is 25.3. The molecule has 1 aliphatic rings. The zero-order valence-electron chi connectivity index (χ0n) is 25.3. The van der Waals surface area contributed by atoms with E-state index in [9.17, 15) is 19.8 Å². The Morgan fingerprint density at radius 2 is 1.71 bits per heavy atom. The molecule has 0 fully saturated rings. The minimum atomic E-state index is -1.13. The summed E-state index contributed by atoms with van der Waals surface area (Å²) in [4.78, 5) is 28.9. The average molecular weight is 615 g/mol. The Hall–Kier alpha value is -5.32. The quantitative estimate of drug-likeness (QED) is 0.161. The first-order chi connectivity index (χ1) is 21.8. The number of fused-ring (bicyclic) bond motifs is 1. The smallest absolute Gasteiger partial charge is 0.335 e. The van der Waals surface area contributed by atoms with Crippen LogP contribution in [0.25, 0.3) is 17.2 Å². The van der Waals surface area contributed by atoms with Crippen molar-refractivity contribution in [3.63, 3.8) is 0 Å². The lowest BCUT2D eigenvalue weighted by Gasteiger charge is -2.13. The summed E-state index contributed by atoms with van der Waals surface area (Å²) in [7, 11) is 3.03. The van der Waals surface area contributed by atoms with Gasteiger partial charge >= 0.3 is 11.9 Å². The topological polar surface area (TPSA) is 150 Å². The van der Waals surface area contributed by atoms with Gasteiger partial charge in [0, 0.05) is 47.9 Å². The van der Waals surface area contributed by atoms with E-state index in [0.29, 0.717) is 76.1 Å². The molecule has 0 atom stereocenters. The van der Waals surface area contributed by atoms with Crippen LogP contribution in [-0.4, -0.2) is 53.3 Å². The molecule has 0 radical (unpaired) electrons. The number of benzene rings is 2. The number of carbonyl (C=O) groups is 2. The maximum Gasteiger partial charge on any atom is 0.335 e. The van der Waals surface area contributed by atoms with E-state index in [1.165, 1.54) is 20.3 Å². The van der Waals surface area contributed by atoms with Crippen molar-refractivity contribution in [2.24, 2.45) is 0 Å². The third kappa shape index (κ3) is 6.93. The summed E-state index contributed by atoms with van der Waals surface area (Å²) in [5.74, 6) is 0.388. The van der Waals surface area contributed by atoms with Crippen molar-refractivity contribution in [2.45, 2.75) is 45.4 Å². The molecular weight excluding hydrogens is 580 g/mol. The van der Waals surface area contributed by atoms with E-state index in [4.69, 9.17) is 23.5 Å². The number of rotatable bonds is 14. The third-order valence-corrected chi connectivity index (χ3v) is 7.64. The van der Waals surface area contributed by atoms with Gasteiger partial charge in [0.1, 0.15) is 17.2 Å². The summed E-state index contributed by atoms with van der Waals surface area (Å²) in [6.45, 7) is 2.14. The molecule has 0 bridgehead atoms. The second-order valence-corrected chi connectivity index (χ2v) is 10.5. The van der Waals surface area contributed by atoms with Crippen LogP contribution in [0.2, 0.25) is 0 Å². The monoisotopic (exact) mass is 614 g/mol. The molecule has 45 heavy (non-hydrogen) atoms. The van der Waals surface area contributed by atoms with Gasteiger partial charge in [-0.15, -0.1) is 0 Å². The van der Waals surface area contributed by atoms with Gasteiger partial charge in [0.25, 0.3) is 0 Å². The number of aromatic carboxylic acids is 1. The number of carboxylic acid groups (broad SMARTS) is 2. The molecule has 11 nitrogen and oxygen atoms in total. The fraction of sp³-hybridized carbons (Fsp3) is 0.294. The average Bonchev–Trinajstić information content (AvgIpc) is 3.68. The highest BCUT2D eigenvalue weighted by Gasteiger charge is 2.24. The van der Waals surface area contributed by atoms with Gasteiger partial charge in [0.15, 0.2) is 11.5 Å². The van der Waals surface area contributed by atoms with Crippen LogP contribution >= 0.6 is 0 Å². The molecule has 5 rings (SSSR count). The minimum Gasteiger partial charge on any atom is -0.496 e. The van der Waals surface area contributed by atoms with E-state index in [2.05, 4.69) is 17.1 Å². The molecule has 0 amide bonds. The van der Waals surface area contributed by atoms with E-state index in [1.54, 1.807) is 42.6 Å². The van der Waals surface area contributed by atoms with Crippen LogP contribution in [0.1, 0.15) is 58.3 Å². The summed E-state index contributed by atoms with van der Waals surface area (Å²) in [6.07, 6.45) is 6.41. The molecular formula is C34H34N2O9. The fourth-order valence-electron chi connectivity index (χ4n) is 5.32. The number of methoxy groups -OCH3 is 2. The van der Waals surface area contributed by atoms with E-state index >= 15 is 0 Å². The molecule has 1 aliphatic heterocycles. The molecule has 0 saturated heterocycles. The Bertz CT molecular complexity index is 1740. The standard InChI is InChI=1S/C34H34N2O9/c1-4-5-10-27-32(25-18-35-31(42-3)16-21(25)12-11-20-8-6-7-9-24(20)34(39)40)26(36-45-27)14-23(33(37)38)13-22-15-29-30(44-19-43-29)17-28(22)41-2/h6-9,14-18H,4-5,10-13,19H2,1-3H3,(H,37,38)(H,39,40). The van der Waals surface area contributed by atoms with Crippen LogP contribution in [0.5, 0.6) is 23.1 Å². The Morgan fingerprint density at radius 3 is 2.42 bits per heavy atom. The number of aryl methyl sites for hydroxylation is 3. The molecule has 11 heteroatoms. The van der Waals surface area contributed by atoms with Crippen LogP contribution in [0, 0.1) is 0 Å². The predicted octanol–water partition coefficient (Wildman–Crippen LogP) is 6.02. The Morgan fingerprint density at radius 1 is 0.956 bits per heavy atom. The molecule has 2 N–H and O–H groups in total.